The molecule has 0 saturated carbocycles. The molecule has 2 heterocycles. The molecule has 2 amide bonds. The van der Waals surface area contributed by atoms with Crippen LogP contribution in [0.2, 0.25) is 0 Å². The predicted molar refractivity (Wildman–Crippen MR) is 67.6 cm³/mol. The van der Waals surface area contributed by atoms with Crippen LogP contribution in [0, 0.1) is 5.92 Å². The van der Waals surface area contributed by atoms with Gasteiger partial charge in [0.25, 0.3) is 0 Å². The second kappa shape index (κ2) is 5.79. The zero-order chi connectivity index (χ0) is 13.1. The molecule has 0 aromatic carbocycles. The summed E-state index contributed by atoms with van der Waals surface area (Å²) in [6.07, 6.45) is 0.469. The number of urea groups is 1. The van der Waals surface area contributed by atoms with Crippen molar-refractivity contribution < 1.29 is 19.8 Å². The largest absolute Gasteiger partial charge is 0.480 e. The van der Waals surface area contributed by atoms with Crippen LogP contribution in [-0.4, -0.2) is 63.9 Å². The molecular formula is C11H18N2O4S. The number of aliphatic carboxylic acids is 1. The van der Waals surface area contributed by atoms with Crippen molar-refractivity contribution in [2.75, 3.05) is 24.6 Å². The molecule has 0 aliphatic carbocycles. The third kappa shape index (κ3) is 3.08. The number of hydrogen-bond donors (Lipinski definition) is 3. The second-order valence-corrected chi connectivity index (χ2v) is 5.96. The van der Waals surface area contributed by atoms with Crippen molar-refractivity contribution >= 4 is 23.8 Å². The van der Waals surface area contributed by atoms with E-state index in [1.165, 1.54) is 4.90 Å². The number of carbonyl (C=O) groups excluding carboxylic acids is 1. The number of carbonyl (C=O) groups is 2. The minimum atomic E-state index is -1.06. The van der Waals surface area contributed by atoms with Crippen molar-refractivity contribution in [2.45, 2.75) is 25.0 Å². The van der Waals surface area contributed by atoms with E-state index < -0.39 is 18.1 Å². The summed E-state index contributed by atoms with van der Waals surface area (Å²) in [5.41, 5.74) is 0. The van der Waals surface area contributed by atoms with Crippen LogP contribution in [-0.2, 0) is 4.79 Å². The van der Waals surface area contributed by atoms with Crippen LogP contribution in [0.1, 0.15) is 12.8 Å². The average Bonchev–Trinajstić information content (AvgIpc) is 2.94. The number of amides is 2. The molecule has 0 aromatic rings. The molecule has 3 atom stereocenters. The molecule has 2 rings (SSSR count). The Balaban J connectivity index is 1.85. The summed E-state index contributed by atoms with van der Waals surface area (Å²) in [5.74, 6) is 1.60. The highest BCUT2D eigenvalue weighted by molar-refractivity contribution is 7.99. The van der Waals surface area contributed by atoms with Crippen molar-refractivity contribution in [1.29, 1.82) is 0 Å². The fraction of sp³-hybridized carbons (Fsp3) is 0.818. The van der Waals surface area contributed by atoms with E-state index in [2.05, 4.69) is 5.32 Å². The Morgan fingerprint density at radius 1 is 1.44 bits per heavy atom. The fourth-order valence-corrected chi connectivity index (χ4v) is 3.63. The number of carboxylic acids is 1. The van der Waals surface area contributed by atoms with Gasteiger partial charge in [0.1, 0.15) is 6.04 Å². The van der Waals surface area contributed by atoms with E-state index in [1.807, 2.05) is 11.8 Å². The number of aliphatic hydroxyl groups excluding tert-OH is 1. The fourth-order valence-electron chi connectivity index (χ4n) is 2.35. The van der Waals surface area contributed by atoms with Gasteiger partial charge in [-0.25, -0.2) is 9.59 Å². The predicted octanol–water partition coefficient (Wildman–Crippen LogP) is -0.0311. The molecule has 102 valence electrons. The first-order chi connectivity index (χ1) is 8.58. The lowest BCUT2D eigenvalue weighted by Crippen LogP contribution is -2.47. The highest BCUT2D eigenvalue weighted by Crippen LogP contribution is 2.23. The zero-order valence-corrected chi connectivity index (χ0v) is 10.9. The van der Waals surface area contributed by atoms with E-state index >= 15 is 0 Å². The number of carboxylic acid groups (broad SMARTS) is 1. The summed E-state index contributed by atoms with van der Waals surface area (Å²) in [6.45, 7) is 0.687. The van der Waals surface area contributed by atoms with Gasteiger partial charge < -0.3 is 20.4 Å². The Morgan fingerprint density at radius 3 is 2.83 bits per heavy atom. The lowest BCUT2D eigenvalue weighted by molar-refractivity contribution is -0.141. The van der Waals surface area contributed by atoms with Crippen LogP contribution in [0.4, 0.5) is 4.79 Å². The molecule has 2 aliphatic heterocycles. The zero-order valence-electron chi connectivity index (χ0n) is 10.0. The number of thioether (sulfide) groups is 1. The summed E-state index contributed by atoms with van der Waals surface area (Å²) >= 11 is 1.87. The topological polar surface area (TPSA) is 89.9 Å². The van der Waals surface area contributed by atoms with Gasteiger partial charge in [0.05, 0.1) is 6.10 Å². The molecule has 0 spiro atoms. The van der Waals surface area contributed by atoms with Crippen molar-refractivity contribution in [3.05, 3.63) is 0 Å². The summed E-state index contributed by atoms with van der Waals surface area (Å²) in [6, 6.07) is -1.28. The van der Waals surface area contributed by atoms with Crippen LogP contribution in [0.3, 0.4) is 0 Å². The molecule has 6 nitrogen and oxygen atoms in total. The Hall–Kier alpha value is -0.950. The van der Waals surface area contributed by atoms with Crippen molar-refractivity contribution in [3.63, 3.8) is 0 Å². The van der Waals surface area contributed by atoms with Gasteiger partial charge in [-0.15, -0.1) is 0 Å². The van der Waals surface area contributed by atoms with Gasteiger partial charge in [0, 0.05) is 19.5 Å². The molecule has 18 heavy (non-hydrogen) atoms. The first-order valence-corrected chi connectivity index (χ1v) is 7.26. The maximum absolute atomic E-state index is 11.9. The van der Waals surface area contributed by atoms with Gasteiger partial charge in [0.2, 0.25) is 0 Å². The van der Waals surface area contributed by atoms with Crippen LogP contribution in [0.5, 0.6) is 0 Å². The highest BCUT2D eigenvalue weighted by atomic mass is 32.2. The number of likely N-dealkylation sites (tertiary alicyclic amines) is 1. The summed E-state index contributed by atoms with van der Waals surface area (Å²) < 4.78 is 0. The molecule has 2 fully saturated rings. The smallest absolute Gasteiger partial charge is 0.326 e. The molecule has 3 unspecified atom stereocenters. The third-order valence-corrected chi connectivity index (χ3v) is 4.62. The molecule has 0 aromatic heterocycles. The normalized spacial score (nSPS) is 31.6. The minimum absolute atomic E-state index is 0.0994. The minimum Gasteiger partial charge on any atom is -0.480 e. The lowest BCUT2D eigenvalue weighted by Gasteiger charge is -2.22. The number of aliphatic hydroxyl groups is 1. The highest BCUT2D eigenvalue weighted by Gasteiger charge is 2.39. The van der Waals surface area contributed by atoms with Gasteiger partial charge in [-0.05, 0) is 23.8 Å². The third-order valence-electron chi connectivity index (χ3n) is 3.39. The maximum Gasteiger partial charge on any atom is 0.326 e. The number of rotatable bonds is 3. The first kappa shape index (κ1) is 13.5. The molecule has 3 N–H and O–H groups in total. The van der Waals surface area contributed by atoms with E-state index in [-0.39, 0.29) is 19.0 Å². The summed E-state index contributed by atoms with van der Waals surface area (Å²) in [4.78, 5) is 24.1. The molecule has 2 saturated heterocycles. The Labute approximate surface area is 110 Å². The van der Waals surface area contributed by atoms with Crippen LogP contribution >= 0.6 is 11.8 Å². The Bertz CT molecular complexity index is 333. The van der Waals surface area contributed by atoms with E-state index in [9.17, 15) is 14.7 Å². The van der Waals surface area contributed by atoms with Crippen molar-refractivity contribution in [1.82, 2.24) is 10.2 Å². The molecule has 0 bridgehead atoms. The maximum atomic E-state index is 11.9. The van der Waals surface area contributed by atoms with Gasteiger partial charge in [-0.3, -0.25) is 0 Å². The van der Waals surface area contributed by atoms with E-state index in [1.54, 1.807) is 0 Å². The van der Waals surface area contributed by atoms with Crippen molar-refractivity contribution in [2.24, 2.45) is 5.92 Å². The number of nitrogens with zero attached hydrogens (tertiary/aromatic N) is 1. The average molecular weight is 274 g/mol. The standard InChI is InChI=1S/C11H18N2O4S/c14-8-3-9(10(15)16)13(5-8)11(17)12-4-7-1-2-18-6-7/h7-9,14H,1-6H2,(H,12,17)(H,15,16). The lowest BCUT2D eigenvalue weighted by atomic mass is 10.1. The number of β-amino-alcohol motifs (C(OH)–C–C–N with tert-alkyl or cyclic N) is 1. The van der Waals surface area contributed by atoms with E-state index in [4.69, 9.17) is 5.11 Å². The summed E-state index contributed by atoms with van der Waals surface area (Å²) in [7, 11) is 0. The number of hydrogen-bond acceptors (Lipinski definition) is 4. The van der Waals surface area contributed by atoms with Crippen LogP contribution in [0.25, 0.3) is 0 Å². The molecule has 2 aliphatic rings. The van der Waals surface area contributed by atoms with Gasteiger partial charge in [-0.2, -0.15) is 11.8 Å². The van der Waals surface area contributed by atoms with Crippen LogP contribution < -0.4 is 5.32 Å². The van der Waals surface area contributed by atoms with Gasteiger partial charge in [-0.1, -0.05) is 0 Å². The van der Waals surface area contributed by atoms with Gasteiger partial charge in [0.15, 0.2) is 0 Å². The van der Waals surface area contributed by atoms with Crippen LogP contribution in [0.15, 0.2) is 0 Å². The van der Waals surface area contributed by atoms with Crippen molar-refractivity contribution in [3.8, 4) is 0 Å². The molecular weight excluding hydrogens is 256 g/mol. The molecule has 7 heteroatoms. The van der Waals surface area contributed by atoms with E-state index in [0.717, 1.165) is 17.9 Å². The quantitative estimate of drug-likeness (QED) is 0.672. The SMILES string of the molecule is O=C(O)C1CC(O)CN1C(=O)NCC1CCSC1. The second-order valence-electron chi connectivity index (χ2n) is 4.81. The van der Waals surface area contributed by atoms with Gasteiger partial charge >= 0.3 is 12.0 Å². The van der Waals surface area contributed by atoms with E-state index in [0.29, 0.717) is 12.5 Å². The summed E-state index contributed by atoms with van der Waals surface area (Å²) in [5, 5.41) is 21.2. The Morgan fingerprint density at radius 2 is 2.22 bits per heavy atom. The molecule has 0 radical (unpaired) electrons. The first-order valence-electron chi connectivity index (χ1n) is 6.11. The number of nitrogens with one attached hydrogen (secondary N) is 1. The monoisotopic (exact) mass is 274 g/mol. The Kier molecular flexibility index (Phi) is 4.34.